The molecule has 0 saturated carbocycles. The van der Waals surface area contributed by atoms with Crippen molar-refractivity contribution >= 4 is 10.9 Å². The van der Waals surface area contributed by atoms with Crippen molar-refractivity contribution in [1.82, 2.24) is 19.9 Å². The van der Waals surface area contributed by atoms with Crippen LogP contribution in [0.2, 0.25) is 0 Å². The molecule has 3 aromatic rings. The Morgan fingerprint density at radius 1 is 1.11 bits per heavy atom. The number of hydrogen-bond acceptors (Lipinski definition) is 6. The summed E-state index contributed by atoms with van der Waals surface area (Å²) in [5.74, 6) is 2.43. The van der Waals surface area contributed by atoms with E-state index in [0.29, 0.717) is 5.88 Å². The third-order valence-corrected chi connectivity index (χ3v) is 5.19. The number of hydrogen-bond donors (Lipinski definition) is 0. The molecule has 0 radical (unpaired) electrons. The highest BCUT2D eigenvalue weighted by Crippen LogP contribution is 2.28. The van der Waals surface area contributed by atoms with Gasteiger partial charge < -0.3 is 9.47 Å². The maximum atomic E-state index is 5.58. The SMILES string of the molecule is CCCc1ncc2c(n1)CCN(Cc1cc3ccc(OC)cc3nc1OC)C2. The van der Waals surface area contributed by atoms with Crippen LogP contribution >= 0.6 is 0 Å². The number of fused-ring (bicyclic) bond motifs is 2. The average molecular weight is 378 g/mol. The zero-order chi connectivity index (χ0) is 19.5. The summed E-state index contributed by atoms with van der Waals surface area (Å²) >= 11 is 0. The molecular weight excluding hydrogens is 352 g/mol. The second-order valence-electron chi connectivity index (χ2n) is 7.18. The van der Waals surface area contributed by atoms with Crippen molar-refractivity contribution in [2.45, 2.75) is 39.3 Å². The van der Waals surface area contributed by atoms with E-state index in [9.17, 15) is 0 Å². The van der Waals surface area contributed by atoms with Crippen molar-refractivity contribution in [2.24, 2.45) is 0 Å². The normalized spacial score (nSPS) is 14.1. The molecule has 6 heteroatoms. The minimum absolute atomic E-state index is 0.668. The summed E-state index contributed by atoms with van der Waals surface area (Å²) < 4.78 is 10.9. The number of rotatable bonds is 6. The summed E-state index contributed by atoms with van der Waals surface area (Å²) in [4.78, 5) is 16.4. The molecule has 0 bridgehead atoms. The van der Waals surface area contributed by atoms with Crippen LogP contribution in [-0.4, -0.2) is 40.6 Å². The van der Waals surface area contributed by atoms with Gasteiger partial charge in [0.05, 0.1) is 19.7 Å². The predicted octanol–water partition coefficient (Wildman–Crippen LogP) is 3.55. The highest BCUT2D eigenvalue weighted by Gasteiger charge is 2.20. The molecule has 1 aliphatic heterocycles. The van der Waals surface area contributed by atoms with Crippen molar-refractivity contribution in [3.05, 3.63) is 53.1 Å². The number of pyridine rings is 1. The molecular formula is C22H26N4O2. The monoisotopic (exact) mass is 378 g/mol. The fraction of sp³-hybridized carbons (Fsp3) is 0.409. The van der Waals surface area contributed by atoms with Gasteiger partial charge in [0, 0.05) is 66.9 Å². The summed E-state index contributed by atoms with van der Waals surface area (Å²) in [6, 6.07) is 8.10. The average Bonchev–Trinajstić information content (AvgIpc) is 2.73. The van der Waals surface area contributed by atoms with E-state index in [-0.39, 0.29) is 0 Å². The lowest BCUT2D eigenvalue weighted by molar-refractivity contribution is 0.238. The lowest BCUT2D eigenvalue weighted by Gasteiger charge is -2.28. The van der Waals surface area contributed by atoms with E-state index in [1.54, 1.807) is 14.2 Å². The number of benzene rings is 1. The van der Waals surface area contributed by atoms with Crippen molar-refractivity contribution in [2.75, 3.05) is 20.8 Å². The van der Waals surface area contributed by atoms with E-state index in [2.05, 4.69) is 22.9 Å². The highest BCUT2D eigenvalue weighted by atomic mass is 16.5. The maximum absolute atomic E-state index is 5.58. The Kier molecular flexibility index (Phi) is 5.39. The number of nitrogens with zero attached hydrogens (tertiary/aromatic N) is 4. The Hall–Kier alpha value is -2.73. The largest absolute Gasteiger partial charge is 0.497 e. The summed E-state index contributed by atoms with van der Waals surface area (Å²) in [6.45, 7) is 4.77. The minimum atomic E-state index is 0.668. The number of aryl methyl sites for hydroxylation is 1. The van der Waals surface area contributed by atoms with Gasteiger partial charge in [0.15, 0.2) is 0 Å². The minimum Gasteiger partial charge on any atom is -0.497 e. The molecule has 0 aliphatic carbocycles. The third kappa shape index (κ3) is 3.78. The molecule has 0 amide bonds. The predicted molar refractivity (Wildman–Crippen MR) is 109 cm³/mol. The number of ether oxygens (including phenoxy) is 2. The van der Waals surface area contributed by atoms with Crippen molar-refractivity contribution in [3.63, 3.8) is 0 Å². The highest BCUT2D eigenvalue weighted by molar-refractivity contribution is 5.81. The van der Waals surface area contributed by atoms with E-state index in [4.69, 9.17) is 19.4 Å². The van der Waals surface area contributed by atoms with Gasteiger partial charge in [-0.05, 0) is 24.6 Å². The summed E-state index contributed by atoms with van der Waals surface area (Å²) in [5.41, 5.74) is 4.39. The van der Waals surface area contributed by atoms with E-state index >= 15 is 0 Å². The van der Waals surface area contributed by atoms with Gasteiger partial charge in [-0.1, -0.05) is 6.92 Å². The molecule has 3 heterocycles. The third-order valence-electron chi connectivity index (χ3n) is 5.19. The smallest absolute Gasteiger partial charge is 0.218 e. The van der Waals surface area contributed by atoms with Crippen molar-refractivity contribution in [3.8, 4) is 11.6 Å². The van der Waals surface area contributed by atoms with Gasteiger partial charge >= 0.3 is 0 Å². The lowest BCUT2D eigenvalue weighted by Crippen LogP contribution is -2.31. The first-order valence-corrected chi connectivity index (χ1v) is 9.78. The summed E-state index contributed by atoms with van der Waals surface area (Å²) in [6.07, 6.45) is 4.98. The molecule has 1 aromatic carbocycles. The maximum Gasteiger partial charge on any atom is 0.218 e. The quantitative estimate of drug-likeness (QED) is 0.654. The molecule has 0 unspecified atom stereocenters. The van der Waals surface area contributed by atoms with Crippen molar-refractivity contribution < 1.29 is 9.47 Å². The lowest BCUT2D eigenvalue weighted by atomic mass is 10.1. The Bertz CT molecular complexity index is 990. The van der Waals surface area contributed by atoms with Crippen LogP contribution in [0.15, 0.2) is 30.5 Å². The van der Waals surface area contributed by atoms with Gasteiger partial charge in [-0.3, -0.25) is 4.90 Å². The Balaban J connectivity index is 1.56. The molecule has 0 N–H and O–H groups in total. The summed E-state index contributed by atoms with van der Waals surface area (Å²) in [5, 5.41) is 1.08. The van der Waals surface area contributed by atoms with Gasteiger partial charge in [-0.15, -0.1) is 0 Å². The zero-order valence-electron chi connectivity index (χ0n) is 16.7. The fourth-order valence-corrected chi connectivity index (χ4v) is 3.73. The van der Waals surface area contributed by atoms with Crippen LogP contribution in [0.5, 0.6) is 11.6 Å². The topological polar surface area (TPSA) is 60.4 Å². The van der Waals surface area contributed by atoms with Crippen LogP contribution in [-0.2, 0) is 25.9 Å². The molecule has 0 atom stereocenters. The number of methoxy groups -OCH3 is 2. The molecule has 1 aliphatic rings. The Labute approximate surface area is 165 Å². The standard InChI is InChI=1S/C22H26N4O2/c1-4-5-21-23-12-17-14-26(9-8-19(17)24-21)13-16-10-15-6-7-18(27-2)11-20(15)25-22(16)28-3/h6-7,10-12H,4-5,8-9,13-14H2,1-3H3. The molecule has 28 heavy (non-hydrogen) atoms. The van der Waals surface area contributed by atoms with Crippen LogP contribution in [0.4, 0.5) is 0 Å². The van der Waals surface area contributed by atoms with Gasteiger partial charge in [-0.2, -0.15) is 0 Å². The first-order chi connectivity index (χ1) is 13.7. The summed E-state index contributed by atoms with van der Waals surface area (Å²) in [7, 11) is 3.34. The van der Waals surface area contributed by atoms with Crippen molar-refractivity contribution in [1.29, 1.82) is 0 Å². The molecule has 0 saturated heterocycles. The van der Waals surface area contributed by atoms with Gasteiger partial charge in [-0.25, -0.2) is 15.0 Å². The van der Waals surface area contributed by atoms with Crippen LogP contribution in [0.3, 0.4) is 0 Å². The zero-order valence-corrected chi connectivity index (χ0v) is 16.7. The van der Waals surface area contributed by atoms with Gasteiger partial charge in [0.25, 0.3) is 0 Å². The molecule has 2 aromatic heterocycles. The Morgan fingerprint density at radius 2 is 2.00 bits per heavy atom. The molecule has 146 valence electrons. The Morgan fingerprint density at radius 3 is 2.79 bits per heavy atom. The first-order valence-electron chi connectivity index (χ1n) is 9.78. The van der Waals surface area contributed by atoms with E-state index in [1.165, 1.54) is 11.3 Å². The van der Waals surface area contributed by atoms with E-state index in [1.807, 2.05) is 24.4 Å². The van der Waals surface area contributed by atoms with Gasteiger partial charge in [0.2, 0.25) is 5.88 Å². The van der Waals surface area contributed by atoms with Crippen LogP contribution in [0.1, 0.15) is 36.0 Å². The molecule has 0 spiro atoms. The first kappa shape index (κ1) is 18.6. The van der Waals surface area contributed by atoms with E-state index < -0.39 is 0 Å². The molecule has 0 fully saturated rings. The second kappa shape index (κ2) is 8.10. The second-order valence-corrected chi connectivity index (χ2v) is 7.18. The van der Waals surface area contributed by atoms with Gasteiger partial charge in [0.1, 0.15) is 11.6 Å². The molecule has 6 nitrogen and oxygen atoms in total. The molecule has 4 rings (SSSR count). The van der Waals surface area contributed by atoms with E-state index in [0.717, 1.165) is 66.9 Å². The fourth-order valence-electron chi connectivity index (χ4n) is 3.73. The van der Waals surface area contributed by atoms with Crippen LogP contribution in [0, 0.1) is 0 Å². The van der Waals surface area contributed by atoms with Crippen LogP contribution in [0.25, 0.3) is 10.9 Å². The van der Waals surface area contributed by atoms with Crippen LogP contribution < -0.4 is 9.47 Å². The number of aromatic nitrogens is 3.